The van der Waals surface area contributed by atoms with E-state index in [1.165, 1.54) is 0 Å². The maximum Gasteiger partial charge on any atom is 0.131 e. The Hall–Kier alpha value is -2.16. The molecule has 3 nitrogen and oxygen atoms in total. The molecular weight excluding hydrogens is 214 g/mol. The van der Waals surface area contributed by atoms with E-state index >= 15 is 0 Å². The summed E-state index contributed by atoms with van der Waals surface area (Å²) in [6, 6.07) is 11.2. The summed E-state index contributed by atoms with van der Waals surface area (Å²) in [5.74, 6) is 0.413. The van der Waals surface area contributed by atoms with Gasteiger partial charge in [0.05, 0.1) is 13.0 Å². The SMILES string of the molecule is COc1ccccc1C(C=O)c1ccncc1. The second kappa shape index (κ2) is 5.25. The van der Waals surface area contributed by atoms with Gasteiger partial charge in [0, 0.05) is 18.0 Å². The average molecular weight is 227 g/mol. The van der Waals surface area contributed by atoms with Crippen LogP contribution in [0.25, 0.3) is 0 Å². The summed E-state index contributed by atoms with van der Waals surface area (Å²) in [7, 11) is 1.60. The number of benzene rings is 1. The maximum absolute atomic E-state index is 11.3. The number of aromatic nitrogens is 1. The highest BCUT2D eigenvalue weighted by atomic mass is 16.5. The van der Waals surface area contributed by atoms with Crippen LogP contribution >= 0.6 is 0 Å². The van der Waals surface area contributed by atoms with Gasteiger partial charge in [-0.3, -0.25) is 4.98 Å². The minimum Gasteiger partial charge on any atom is -0.496 e. The summed E-state index contributed by atoms with van der Waals surface area (Å²) >= 11 is 0. The molecule has 0 saturated carbocycles. The predicted molar refractivity (Wildman–Crippen MR) is 65.1 cm³/mol. The third kappa shape index (κ3) is 2.33. The van der Waals surface area contributed by atoms with Crippen molar-refractivity contribution in [3.05, 3.63) is 59.9 Å². The topological polar surface area (TPSA) is 39.2 Å². The van der Waals surface area contributed by atoms with Crippen LogP contribution in [0, 0.1) is 0 Å². The Morgan fingerprint density at radius 3 is 2.53 bits per heavy atom. The first-order valence-electron chi connectivity index (χ1n) is 5.35. The minimum absolute atomic E-state index is 0.311. The third-order valence-corrected chi connectivity index (χ3v) is 2.68. The van der Waals surface area contributed by atoms with Gasteiger partial charge in [0.2, 0.25) is 0 Å². The van der Waals surface area contributed by atoms with E-state index in [0.717, 1.165) is 23.2 Å². The largest absolute Gasteiger partial charge is 0.496 e. The van der Waals surface area contributed by atoms with E-state index in [9.17, 15) is 4.79 Å². The van der Waals surface area contributed by atoms with E-state index in [4.69, 9.17) is 4.74 Å². The van der Waals surface area contributed by atoms with Crippen LogP contribution in [0.2, 0.25) is 0 Å². The number of aldehydes is 1. The van der Waals surface area contributed by atoms with Crippen LogP contribution in [0.4, 0.5) is 0 Å². The summed E-state index contributed by atoms with van der Waals surface area (Å²) in [6.07, 6.45) is 4.29. The lowest BCUT2D eigenvalue weighted by atomic mass is 9.93. The molecule has 0 aliphatic heterocycles. The van der Waals surface area contributed by atoms with E-state index in [2.05, 4.69) is 4.98 Å². The highest BCUT2D eigenvalue weighted by Gasteiger charge is 2.16. The summed E-state index contributed by atoms with van der Waals surface area (Å²) < 4.78 is 5.28. The monoisotopic (exact) mass is 227 g/mol. The van der Waals surface area contributed by atoms with Crippen molar-refractivity contribution in [3.63, 3.8) is 0 Å². The van der Waals surface area contributed by atoms with Crippen LogP contribution < -0.4 is 4.74 Å². The van der Waals surface area contributed by atoms with Crippen molar-refractivity contribution in [1.82, 2.24) is 4.98 Å². The van der Waals surface area contributed by atoms with Crippen LogP contribution in [-0.4, -0.2) is 18.4 Å². The van der Waals surface area contributed by atoms with Gasteiger partial charge in [-0.05, 0) is 23.8 Å². The molecule has 1 aromatic heterocycles. The number of para-hydroxylation sites is 1. The Morgan fingerprint density at radius 1 is 1.18 bits per heavy atom. The van der Waals surface area contributed by atoms with Gasteiger partial charge in [0.1, 0.15) is 12.0 Å². The van der Waals surface area contributed by atoms with Crippen molar-refractivity contribution in [3.8, 4) is 5.75 Å². The second-order valence-corrected chi connectivity index (χ2v) is 3.64. The molecule has 0 bridgehead atoms. The van der Waals surface area contributed by atoms with E-state index in [0.29, 0.717) is 0 Å². The number of carbonyl (C=O) groups is 1. The number of nitrogens with zero attached hydrogens (tertiary/aromatic N) is 1. The molecule has 0 fully saturated rings. The number of pyridine rings is 1. The van der Waals surface area contributed by atoms with E-state index in [1.54, 1.807) is 19.5 Å². The standard InChI is InChI=1S/C14H13NO2/c1-17-14-5-3-2-4-12(14)13(10-16)11-6-8-15-9-7-11/h2-10,13H,1H3. The van der Waals surface area contributed by atoms with Gasteiger partial charge in [-0.15, -0.1) is 0 Å². The van der Waals surface area contributed by atoms with Crippen molar-refractivity contribution < 1.29 is 9.53 Å². The predicted octanol–water partition coefficient (Wildman–Crippen LogP) is 2.42. The number of rotatable bonds is 4. The Balaban J connectivity index is 2.46. The highest BCUT2D eigenvalue weighted by molar-refractivity contribution is 5.70. The zero-order valence-electron chi connectivity index (χ0n) is 9.54. The van der Waals surface area contributed by atoms with Gasteiger partial charge in [-0.1, -0.05) is 18.2 Å². The van der Waals surface area contributed by atoms with Gasteiger partial charge in [0.25, 0.3) is 0 Å². The Morgan fingerprint density at radius 2 is 1.88 bits per heavy atom. The average Bonchev–Trinajstić information content (AvgIpc) is 2.41. The molecule has 3 heteroatoms. The highest BCUT2D eigenvalue weighted by Crippen LogP contribution is 2.29. The second-order valence-electron chi connectivity index (χ2n) is 3.64. The lowest BCUT2D eigenvalue weighted by Gasteiger charge is -2.14. The van der Waals surface area contributed by atoms with Crippen LogP contribution in [0.1, 0.15) is 17.0 Å². The lowest BCUT2D eigenvalue weighted by Crippen LogP contribution is -2.04. The molecule has 0 saturated heterocycles. The van der Waals surface area contributed by atoms with Crippen molar-refractivity contribution >= 4 is 6.29 Å². The molecular formula is C14H13NO2. The zero-order valence-corrected chi connectivity index (χ0v) is 9.54. The molecule has 0 N–H and O–H groups in total. The van der Waals surface area contributed by atoms with Gasteiger partial charge in [-0.2, -0.15) is 0 Å². The molecule has 86 valence electrons. The summed E-state index contributed by atoms with van der Waals surface area (Å²) in [5, 5.41) is 0. The van der Waals surface area contributed by atoms with Crippen LogP contribution in [0.5, 0.6) is 5.75 Å². The molecule has 17 heavy (non-hydrogen) atoms. The van der Waals surface area contributed by atoms with Crippen molar-refractivity contribution in [2.75, 3.05) is 7.11 Å². The first kappa shape index (κ1) is 11.3. The smallest absolute Gasteiger partial charge is 0.131 e. The van der Waals surface area contributed by atoms with E-state index in [-0.39, 0.29) is 5.92 Å². The number of ether oxygens (including phenoxy) is 1. The number of hydrogen-bond donors (Lipinski definition) is 0. The molecule has 0 spiro atoms. The maximum atomic E-state index is 11.3. The first-order chi connectivity index (χ1) is 8.36. The molecule has 2 rings (SSSR count). The molecule has 0 amide bonds. The van der Waals surface area contributed by atoms with Gasteiger partial charge < -0.3 is 9.53 Å². The fourth-order valence-corrected chi connectivity index (χ4v) is 1.83. The Kier molecular flexibility index (Phi) is 3.50. The fraction of sp³-hybridized carbons (Fsp3) is 0.143. The molecule has 0 aliphatic carbocycles. The number of carbonyl (C=O) groups excluding carboxylic acids is 1. The third-order valence-electron chi connectivity index (χ3n) is 2.68. The molecule has 1 unspecified atom stereocenters. The molecule has 0 radical (unpaired) electrons. The van der Waals surface area contributed by atoms with E-state index in [1.807, 2.05) is 36.4 Å². The van der Waals surface area contributed by atoms with Crippen molar-refractivity contribution in [1.29, 1.82) is 0 Å². The quantitative estimate of drug-likeness (QED) is 0.753. The summed E-state index contributed by atoms with van der Waals surface area (Å²) in [4.78, 5) is 15.2. The lowest BCUT2D eigenvalue weighted by molar-refractivity contribution is -0.108. The van der Waals surface area contributed by atoms with Gasteiger partial charge in [-0.25, -0.2) is 0 Å². The van der Waals surface area contributed by atoms with Crippen molar-refractivity contribution in [2.24, 2.45) is 0 Å². The fourth-order valence-electron chi connectivity index (χ4n) is 1.83. The number of hydrogen-bond acceptors (Lipinski definition) is 3. The van der Waals surface area contributed by atoms with Crippen LogP contribution in [-0.2, 0) is 4.79 Å². The van der Waals surface area contributed by atoms with Crippen LogP contribution in [0.15, 0.2) is 48.8 Å². The molecule has 0 aliphatic rings. The normalized spacial score (nSPS) is 11.8. The Bertz CT molecular complexity index is 497. The first-order valence-corrected chi connectivity index (χ1v) is 5.35. The van der Waals surface area contributed by atoms with E-state index < -0.39 is 0 Å². The minimum atomic E-state index is -0.311. The Labute approximate surface area is 100 Å². The number of methoxy groups -OCH3 is 1. The van der Waals surface area contributed by atoms with Crippen LogP contribution in [0.3, 0.4) is 0 Å². The van der Waals surface area contributed by atoms with Gasteiger partial charge >= 0.3 is 0 Å². The summed E-state index contributed by atoms with van der Waals surface area (Å²) in [6.45, 7) is 0. The molecule has 1 heterocycles. The van der Waals surface area contributed by atoms with Crippen molar-refractivity contribution in [2.45, 2.75) is 5.92 Å². The molecule has 1 atom stereocenters. The molecule has 2 aromatic rings. The summed E-state index contributed by atoms with van der Waals surface area (Å²) in [5.41, 5.74) is 1.79. The van der Waals surface area contributed by atoms with Gasteiger partial charge in [0.15, 0.2) is 0 Å². The molecule has 1 aromatic carbocycles. The zero-order chi connectivity index (χ0) is 12.1.